The van der Waals surface area contributed by atoms with Crippen molar-refractivity contribution in [2.75, 3.05) is 19.6 Å². The number of aryl methyl sites for hydroxylation is 2. The molecule has 1 aliphatic heterocycles. The topological polar surface area (TPSA) is 80.1 Å². The monoisotopic (exact) mass is 293 g/mol. The van der Waals surface area contributed by atoms with Gasteiger partial charge < -0.3 is 10.2 Å². The van der Waals surface area contributed by atoms with Gasteiger partial charge in [0.2, 0.25) is 11.8 Å². The molecule has 1 fully saturated rings. The van der Waals surface area contributed by atoms with Crippen molar-refractivity contribution in [2.45, 2.75) is 40.2 Å². The fraction of sp³-hybridized carbons (Fsp3) is 0.714. The molecule has 2 heterocycles. The van der Waals surface area contributed by atoms with Gasteiger partial charge in [0.15, 0.2) is 0 Å². The summed E-state index contributed by atoms with van der Waals surface area (Å²) < 4.78 is 1.79. The summed E-state index contributed by atoms with van der Waals surface area (Å²) in [5, 5.41) is 7.19. The van der Waals surface area contributed by atoms with E-state index in [9.17, 15) is 9.59 Å². The second kappa shape index (κ2) is 6.69. The molecule has 0 aromatic carbocycles. The maximum absolute atomic E-state index is 12.2. The van der Waals surface area contributed by atoms with Gasteiger partial charge in [-0.2, -0.15) is 5.10 Å². The van der Waals surface area contributed by atoms with Crippen molar-refractivity contribution >= 4 is 11.8 Å². The summed E-state index contributed by atoms with van der Waals surface area (Å²) in [7, 11) is 0. The maximum atomic E-state index is 12.2. The van der Waals surface area contributed by atoms with E-state index in [1.54, 1.807) is 16.5 Å². The average molecular weight is 293 g/mol. The molecule has 0 saturated carbocycles. The van der Waals surface area contributed by atoms with Crippen LogP contribution in [-0.2, 0) is 16.1 Å². The quantitative estimate of drug-likeness (QED) is 0.864. The zero-order valence-corrected chi connectivity index (χ0v) is 12.9. The first-order valence-electron chi connectivity index (χ1n) is 7.38. The second-order valence-corrected chi connectivity index (χ2v) is 5.52. The Morgan fingerprint density at radius 3 is 2.76 bits per heavy atom. The summed E-state index contributed by atoms with van der Waals surface area (Å²) in [4.78, 5) is 29.5. The first-order valence-corrected chi connectivity index (χ1v) is 7.38. The van der Waals surface area contributed by atoms with Crippen molar-refractivity contribution in [2.24, 2.45) is 5.92 Å². The predicted molar refractivity (Wildman–Crippen MR) is 77.5 cm³/mol. The summed E-state index contributed by atoms with van der Waals surface area (Å²) in [6.07, 6.45) is 1.73. The number of nitrogens with one attached hydrogen (secondary N) is 1. The van der Waals surface area contributed by atoms with Crippen LogP contribution in [-0.4, -0.2) is 51.1 Å². The van der Waals surface area contributed by atoms with Crippen molar-refractivity contribution in [1.29, 1.82) is 0 Å². The molecule has 1 N–H and O–H groups in total. The Balaban J connectivity index is 1.79. The normalized spacial score (nSPS) is 18.6. The first kappa shape index (κ1) is 15.5. The number of nitrogens with zero attached hydrogens (tertiary/aromatic N) is 4. The van der Waals surface area contributed by atoms with Crippen LogP contribution in [0.4, 0.5) is 0 Å². The molecule has 0 bridgehead atoms. The molecule has 7 heteroatoms. The number of aromatic nitrogens is 3. The Morgan fingerprint density at radius 1 is 1.38 bits per heavy atom. The highest BCUT2D eigenvalue weighted by Crippen LogP contribution is 2.16. The third-order valence-corrected chi connectivity index (χ3v) is 3.82. The van der Waals surface area contributed by atoms with Crippen molar-refractivity contribution in [3.05, 3.63) is 11.6 Å². The largest absolute Gasteiger partial charge is 0.354 e. The van der Waals surface area contributed by atoms with E-state index in [1.807, 2.05) is 13.8 Å². The van der Waals surface area contributed by atoms with E-state index in [-0.39, 0.29) is 17.7 Å². The lowest BCUT2D eigenvalue weighted by atomic mass is 9.97. The highest BCUT2D eigenvalue weighted by atomic mass is 16.2. The Labute approximate surface area is 124 Å². The highest BCUT2D eigenvalue weighted by Gasteiger charge is 2.26. The molecule has 7 nitrogen and oxygen atoms in total. The molecule has 0 radical (unpaired) electrons. The molecule has 1 saturated heterocycles. The molecule has 116 valence electrons. The number of hydrogen-bond acceptors (Lipinski definition) is 4. The van der Waals surface area contributed by atoms with Crippen LogP contribution in [0.15, 0.2) is 0 Å². The Bertz CT molecular complexity index is 525. The number of rotatable bonds is 4. The molecule has 1 aromatic heterocycles. The Morgan fingerprint density at radius 2 is 2.14 bits per heavy atom. The van der Waals surface area contributed by atoms with Gasteiger partial charge in [0.05, 0.1) is 12.5 Å². The summed E-state index contributed by atoms with van der Waals surface area (Å²) in [5.41, 5.74) is 0. The molecule has 21 heavy (non-hydrogen) atoms. The van der Waals surface area contributed by atoms with E-state index in [1.165, 1.54) is 0 Å². The molecular formula is C14H23N5O2. The van der Waals surface area contributed by atoms with Crippen LogP contribution in [0, 0.1) is 19.8 Å². The molecular weight excluding hydrogens is 270 g/mol. The number of amides is 2. The van der Waals surface area contributed by atoms with E-state index in [0.29, 0.717) is 19.6 Å². The molecule has 0 spiro atoms. The lowest BCUT2D eigenvalue weighted by Crippen LogP contribution is -2.45. The number of carbonyl (C=O) groups is 2. The van der Waals surface area contributed by atoms with Crippen molar-refractivity contribution < 1.29 is 9.59 Å². The van der Waals surface area contributed by atoms with Gasteiger partial charge >= 0.3 is 0 Å². The van der Waals surface area contributed by atoms with Crippen LogP contribution in [0.2, 0.25) is 0 Å². The minimum atomic E-state index is -0.0961. The van der Waals surface area contributed by atoms with E-state index in [0.717, 1.165) is 31.0 Å². The van der Waals surface area contributed by atoms with Gasteiger partial charge in [-0.3, -0.25) is 9.59 Å². The SMILES string of the molecule is CC(=O)N1CCC[C@@H](C(=O)NCCn2nc(C)nc2C)C1. The van der Waals surface area contributed by atoms with Crippen LogP contribution in [0.1, 0.15) is 31.4 Å². The van der Waals surface area contributed by atoms with Crippen LogP contribution in [0.25, 0.3) is 0 Å². The van der Waals surface area contributed by atoms with Crippen molar-refractivity contribution in [3.63, 3.8) is 0 Å². The lowest BCUT2D eigenvalue weighted by Gasteiger charge is -2.31. The zero-order valence-electron chi connectivity index (χ0n) is 12.9. The number of likely N-dealkylation sites (tertiary alicyclic amines) is 1. The van der Waals surface area contributed by atoms with Crippen LogP contribution >= 0.6 is 0 Å². The second-order valence-electron chi connectivity index (χ2n) is 5.52. The number of piperidine rings is 1. The molecule has 1 atom stereocenters. The first-order chi connectivity index (χ1) is 9.97. The summed E-state index contributed by atoms with van der Waals surface area (Å²) in [6.45, 7) is 7.73. The summed E-state index contributed by atoms with van der Waals surface area (Å²) in [5.74, 6) is 1.56. The number of hydrogen-bond donors (Lipinski definition) is 1. The van der Waals surface area contributed by atoms with Crippen LogP contribution < -0.4 is 5.32 Å². The molecule has 2 rings (SSSR count). The maximum Gasteiger partial charge on any atom is 0.224 e. The summed E-state index contributed by atoms with van der Waals surface area (Å²) in [6, 6.07) is 0. The fourth-order valence-corrected chi connectivity index (χ4v) is 2.68. The molecule has 0 unspecified atom stereocenters. The highest BCUT2D eigenvalue weighted by molar-refractivity contribution is 5.80. The minimum absolute atomic E-state index is 0.0236. The molecule has 2 amide bonds. The third kappa shape index (κ3) is 4.03. The Hall–Kier alpha value is -1.92. The van der Waals surface area contributed by atoms with E-state index >= 15 is 0 Å². The zero-order chi connectivity index (χ0) is 15.4. The predicted octanol–water partition coefficient (Wildman–Crippen LogP) is 0.270. The van der Waals surface area contributed by atoms with Gasteiger partial charge in [-0.05, 0) is 26.7 Å². The molecule has 1 aromatic rings. The van der Waals surface area contributed by atoms with Crippen molar-refractivity contribution in [1.82, 2.24) is 25.0 Å². The van der Waals surface area contributed by atoms with Crippen LogP contribution in [0.3, 0.4) is 0 Å². The van der Waals surface area contributed by atoms with Gasteiger partial charge in [-0.25, -0.2) is 9.67 Å². The molecule has 0 aliphatic carbocycles. The van der Waals surface area contributed by atoms with Gasteiger partial charge in [0.25, 0.3) is 0 Å². The lowest BCUT2D eigenvalue weighted by molar-refractivity contribution is -0.133. The van der Waals surface area contributed by atoms with Crippen molar-refractivity contribution in [3.8, 4) is 0 Å². The minimum Gasteiger partial charge on any atom is -0.354 e. The van der Waals surface area contributed by atoms with E-state index in [2.05, 4.69) is 15.4 Å². The average Bonchev–Trinajstić information content (AvgIpc) is 2.77. The standard InChI is InChI=1S/C14H23N5O2/c1-10-16-11(2)19(17-10)8-6-15-14(21)13-5-4-7-18(9-13)12(3)20/h13H,4-9H2,1-3H3,(H,15,21)/t13-/m1/s1. The smallest absolute Gasteiger partial charge is 0.224 e. The number of carbonyl (C=O) groups excluding carboxylic acids is 2. The van der Waals surface area contributed by atoms with Gasteiger partial charge in [0.1, 0.15) is 11.6 Å². The Kier molecular flexibility index (Phi) is 4.93. The van der Waals surface area contributed by atoms with Gasteiger partial charge in [-0.15, -0.1) is 0 Å². The molecule has 1 aliphatic rings. The summed E-state index contributed by atoms with van der Waals surface area (Å²) >= 11 is 0. The van der Waals surface area contributed by atoms with E-state index < -0.39 is 0 Å². The van der Waals surface area contributed by atoms with Gasteiger partial charge in [0, 0.05) is 26.6 Å². The van der Waals surface area contributed by atoms with E-state index in [4.69, 9.17) is 0 Å². The fourth-order valence-electron chi connectivity index (χ4n) is 2.68. The third-order valence-electron chi connectivity index (χ3n) is 3.82. The van der Waals surface area contributed by atoms with Gasteiger partial charge in [-0.1, -0.05) is 0 Å². The van der Waals surface area contributed by atoms with Crippen LogP contribution in [0.5, 0.6) is 0 Å².